The van der Waals surface area contributed by atoms with Gasteiger partial charge in [0.25, 0.3) is 0 Å². The number of benzene rings is 1. The van der Waals surface area contributed by atoms with Crippen LogP contribution in [-0.2, 0) is 11.3 Å². The Balaban J connectivity index is 1.87. The number of rotatable bonds is 2. The zero-order chi connectivity index (χ0) is 11.4. The zero-order valence-corrected chi connectivity index (χ0v) is 9.17. The van der Waals surface area contributed by atoms with E-state index in [4.69, 9.17) is 4.74 Å². The zero-order valence-electron chi connectivity index (χ0n) is 9.17. The van der Waals surface area contributed by atoms with Gasteiger partial charge in [0, 0.05) is 19.8 Å². The predicted molar refractivity (Wildman–Crippen MR) is 60.2 cm³/mol. The minimum absolute atomic E-state index is 0.303. The van der Waals surface area contributed by atoms with E-state index in [2.05, 4.69) is 0 Å². The maximum Gasteiger partial charge on any atom is 0.429 e. The van der Waals surface area contributed by atoms with E-state index >= 15 is 0 Å². The highest BCUT2D eigenvalue weighted by Gasteiger charge is 2.20. The first kappa shape index (κ1) is 10.7. The third-order valence-electron chi connectivity index (χ3n) is 2.38. The van der Waals surface area contributed by atoms with Crippen LogP contribution >= 0.6 is 0 Å². The lowest BCUT2D eigenvalue weighted by Crippen LogP contribution is -2.36. The second kappa shape index (κ2) is 4.81. The largest absolute Gasteiger partial charge is 0.443 e. The number of hydrogen-bond donors (Lipinski definition) is 0. The number of carbonyl (C=O) groups is 1. The van der Waals surface area contributed by atoms with Crippen molar-refractivity contribution < 1.29 is 9.53 Å². The number of nitrogens with zero attached hydrogens (tertiary/aromatic N) is 2. The fraction of sp³-hybridized carbons (Fsp3) is 0.250. The lowest BCUT2D eigenvalue weighted by Gasteiger charge is -2.22. The molecular formula is C12H14N2O2. The first-order valence-electron chi connectivity index (χ1n) is 5.15. The molecule has 0 bridgehead atoms. The summed E-state index contributed by atoms with van der Waals surface area (Å²) in [5.41, 5.74) is 0.988. The molecule has 0 atom stereocenters. The Bertz CT molecular complexity index is 389. The van der Waals surface area contributed by atoms with Crippen molar-refractivity contribution in [1.82, 2.24) is 10.0 Å². The van der Waals surface area contributed by atoms with Gasteiger partial charge in [0.1, 0.15) is 6.61 Å². The van der Waals surface area contributed by atoms with Crippen LogP contribution in [0.3, 0.4) is 0 Å². The smallest absolute Gasteiger partial charge is 0.429 e. The molecule has 2 rings (SSSR count). The number of ether oxygens (including phenoxy) is 1. The Hall–Kier alpha value is -1.81. The third kappa shape index (κ3) is 2.41. The molecule has 16 heavy (non-hydrogen) atoms. The molecule has 0 spiro atoms. The molecule has 4 heteroatoms. The topological polar surface area (TPSA) is 32.8 Å². The maximum absolute atomic E-state index is 11.6. The van der Waals surface area contributed by atoms with Crippen molar-refractivity contribution in [1.29, 1.82) is 0 Å². The summed E-state index contributed by atoms with van der Waals surface area (Å²) in [5, 5.41) is 3.25. The lowest BCUT2D eigenvalue weighted by atomic mass is 10.2. The van der Waals surface area contributed by atoms with Crippen LogP contribution in [0.2, 0.25) is 0 Å². The normalized spacial score (nSPS) is 15.4. The van der Waals surface area contributed by atoms with Gasteiger partial charge in [0.2, 0.25) is 0 Å². The second-order valence-corrected chi connectivity index (χ2v) is 3.61. The molecule has 0 fully saturated rings. The van der Waals surface area contributed by atoms with E-state index in [1.54, 1.807) is 11.2 Å². The summed E-state index contributed by atoms with van der Waals surface area (Å²) in [7, 11) is 1.84. The highest BCUT2D eigenvalue weighted by Crippen LogP contribution is 2.09. The molecule has 0 aliphatic carbocycles. The fourth-order valence-electron chi connectivity index (χ4n) is 1.49. The van der Waals surface area contributed by atoms with Crippen LogP contribution in [0.25, 0.3) is 0 Å². The number of hydrogen-bond acceptors (Lipinski definition) is 3. The van der Waals surface area contributed by atoms with E-state index in [0.29, 0.717) is 6.61 Å². The molecule has 0 aromatic heterocycles. The van der Waals surface area contributed by atoms with Crippen LogP contribution in [0.5, 0.6) is 0 Å². The molecule has 1 amide bonds. The summed E-state index contributed by atoms with van der Waals surface area (Å²) in [6.45, 7) is 1.04. The summed E-state index contributed by atoms with van der Waals surface area (Å²) in [6, 6.07) is 9.63. The molecule has 0 unspecified atom stereocenters. The third-order valence-corrected chi connectivity index (χ3v) is 2.38. The summed E-state index contributed by atoms with van der Waals surface area (Å²) < 4.78 is 5.18. The molecule has 1 heterocycles. The van der Waals surface area contributed by atoms with Gasteiger partial charge in [-0.1, -0.05) is 36.4 Å². The van der Waals surface area contributed by atoms with Gasteiger partial charge in [-0.05, 0) is 5.56 Å². The van der Waals surface area contributed by atoms with Crippen molar-refractivity contribution in [2.75, 3.05) is 13.6 Å². The second-order valence-electron chi connectivity index (χ2n) is 3.61. The van der Waals surface area contributed by atoms with Crippen molar-refractivity contribution in [3.05, 3.63) is 48.2 Å². The first-order chi connectivity index (χ1) is 7.77. The van der Waals surface area contributed by atoms with E-state index in [0.717, 1.165) is 12.1 Å². The number of hydrazine groups is 1. The van der Waals surface area contributed by atoms with Crippen LogP contribution in [0, 0.1) is 0 Å². The van der Waals surface area contributed by atoms with Crippen LogP contribution in [0.4, 0.5) is 4.79 Å². The fourth-order valence-corrected chi connectivity index (χ4v) is 1.49. The van der Waals surface area contributed by atoms with Crippen molar-refractivity contribution in [2.45, 2.75) is 6.61 Å². The van der Waals surface area contributed by atoms with E-state index in [9.17, 15) is 4.79 Å². The highest BCUT2D eigenvalue weighted by molar-refractivity contribution is 5.68. The molecule has 0 N–H and O–H groups in total. The standard InChI is InChI=1S/C12H14N2O2/c1-13-8-5-9-14(13)12(15)16-10-11-6-3-2-4-7-11/h2-7,9H,8,10H2,1H3. The average Bonchev–Trinajstić information content (AvgIpc) is 2.74. The minimum atomic E-state index is -0.347. The summed E-state index contributed by atoms with van der Waals surface area (Å²) in [5.74, 6) is 0. The molecule has 1 aromatic carbocycles. The van der Waals surface area contributed by atoms with Gasteiger partial charge in [0.05, 0.1) is 0 Å². The van der Waals surface area contributed by atoms with Crippen LogP contribution in [0.15, 0.2) is 42.6 Å². The van der Waals surface area contributed by atoms with Gasteiger partial charge >= 0.3 is 6.09 Å². The number of likely N-dealkylation sites (N-methyl/N-ethyl adjacent to an activating group) is 1. The quantitative estimate of drug-likeness (QED) is 0.761. The maximum atomic E-state index is 11.6. The van der Waals surface area contributed by atoms with Gasteiger partial charge in [-0.2, -0.15) is 0 Å². The molecule has 0 radical (unpaired) electrons. The van der Waals surface area contributed by atoms with E-state index in [1.807, 2.05) is 43.5 Å². The Morgan fingerprint density at radius 2 is 2.12 bits per heavy atom. The van der Waals surface area contributed by atoms with Crippen LogP contribution < -0.4 is 0 Å². The first-order valence-corrected chi connectivity index (χ1v) is 5.15. The van der Waals surface area contributed by atoms with Crippen molar-refractivity contribution in [2.24, 2.45) is 0 Å². The molecule has 1 aliphatic rings. The molecular weight excluding hydrogens is 204 g/mol. The van der Waals surface area contributed by atoms with E-state index in [1.165, 1.54) is 5.01 Å². The molecule has 0 saturated heterocycles. The average molecular weight is 218 g/mol. The van der Waals surface area contributed by atoms with Crippen LogP contribution in [-0.4, -0.2) is 29.7 Å². The van der Waals surface area contributed by atoms with Crippen molar-refractivity contribution in [3.8, 4) is 0 Å². The summed E-state index contributed by atoms with van der Waals surface area (Å²) in [4.78, 5) is 11.6. The van der Waals surface area contributed by atoms with Gasteiger partial charge in [-0.3, -0.25) is 0 Å². The summed E-state index contributed by atoms with van der Waals surface area (Å²) in [6.07, 6.45) is 3.28. The SMILES string of the molecule is CN1CC=CN1C(=O)OCc1ccccc1. The molecule has 1 aliphatic heterocycles. The predicted octanol–water partition coefficient (Wildman–Crippen LogP) is 2.00. The monoisotopic (exact) mass is 218 g/mol. The molecule has 0 saturated carbocycles. The highest BCUT2D eigenvalue weighted by atomic mass is 16.6. The number of carbonyl (C=O) groups excluding carboxylic acids is 1. The van der Waals surface area contributed by atoms with Gasteiger partial charge in [-0.25, -0.2) is 14.8 Å². The Labute approximate surface area is 94.7 Å². The van der Waals surface area contributed by atoms with E-state index in [-0.39, 0.29) is 6.09 Å². The molecule has 84 valence electrons. The van der Waals surface area contributed by atoms with Crippen molar-refractivity contribution >= 4 is 6.09 Å². The van der Waals surface area contributed by atoms with Crippen molar-refractivity contribution in [3.63, 3.8) is 0 Å². The lowest BCUT2D eigenvalue weighted by molar-refractivity contribution is 0.0418. The molecule has 4 nitrogen and oxygen atoms in total. The van der Waals surface area contributed by atoms with Gasteiger partial charge in [-0.15, -0.1) is 0 Å². The number of amides is 1. The van der Waals surface area contributed by atoms with Crippen LogP contribution in [0.1, 0.15) is 5.56 Å². The molecule has 1 aromatic rings. The van der Waals surface area contributed by atoms with Gasteiger partial charge < -0.3 is 4.74 Å². The van der Waals surface area contributed by atoms with Gasteiger partial charge in [0.15, 0.2) is 0 Å². The Morgan fingerprint density at radius 3 is 2.75 bits per heavy atom. The minimum Gasteiger partial charge on any atom is -0.443 e. The Morgan fingerprint density at radius 1 is 1.38 bits per heavy atom. The summed E-state index contributed by atoms with van der Waals surface area (Å²) >= 11 is 0. The van der Waals surface area contributed by atoms with E-state index < -0.39 is 0 Å². The Kier molecular flexibility index (Phi) is 3.22.